The lowest BCUT2D eigenvalue weighted by Crippen LogP contribution is -2.30. The number of hydrogen-bond donors (Lipinski definition) is 0. The van der Waals surface area contributed by atoms with Crippen LogP contribution in [-0.4, -0.2) is 18.2 Å². The predicted octanol–water partition coefficient (Wildman–Crippen LogP) is 1.60. The molecule has 1 fully saturated rings. The van der Waals surface area contributed by atoms with Gasteiger partial charge in [-0.2, -0.15) is 0 Å². The lowest BCUT2D eigenvalue weighted by atomic mass is 9.55. The van der Waals surface area contributed by atoms with E-state index in [9.17, 15) is 0 Å². The molecule has 0 spiro atoms. The summed E-state index contributed by atoms with van der Waals surface area (Å²) in [7, 11) is 0. The highest BCUT2D eigenvalue weighted by molar-refractivity contribution is 6.57. The maximum atomic E-state index is 2.49. The molecule has 2 aliphatic rings. The summed E-state index contributed by atoms with van der Waals surface area (Å²) in [6.45, 7) is 2.22. The van der Waals surface area contributed by atoms with Crippen molar-refractivity contribution in [3.8, 4) is 0 Å². The molecule has 0 aromatic heterocycles. The zero-order chi connectivity index (χ0) is 6.10. The molecule has 2 heterocycles. The van der Waals surface area contributed by atoms with Gasteiger partial charge in [-0.25, -0.2) is 0 Å². The zero-order valence-corrected chi connectivity index (χ0v) is 5.71. The molecule has 0 bridgehead atoms. The van der Waals surface area contributed by atoms with E-state index in [4.69, 9.17) is 0 Å². The summed E-state index contributed by atoms with van der Waals surface area (Å²) in [5.41, 5.74) is 0. The van der Waals surface area contributed by atoms with E-state index in [0.717, 1.165) is 6.85 Å². The Morgan fingerprint density at radius 2 is 2.33 bits per heavy atom. The van der Waals surface area contributed by atoms with E-state index in [1.165, 1.54) is 32.0 Å². The highest BCUT2D eigenvalue weighted by Gasteiger charge is 2.26. The van der Waals surface area contributed by atoms with E-state index in [1.807, 2.05) is 0 Å². The van der Waals surface area contributed by atoms with Crippen LogP contribution in [0, 0.1) is 0 Å². The van der Waals surface area contributed by atoms with E-state index in [-0.39, 0.29) is 0 Å². The Balaban J connectivity index is 2.10. The van der Waals surface area contributed by atoms with Gasteiger partial charge in [0, 0.05) is 6.54 Å². The van der Waals surface area contributed by atoms with E-state index >= 15 is 0 Å². The second-order valence-corrected chi connectivity index (χ2v) is 3.00. The summed E-state index contributed by atoms with van der Waals surface area (Å²) in [4.78, 5) is 2.49. The van der Waals surface area contributed by atoms with Crippen LogP contribution in [0.4, 0.5) is 0 Å². The van der Waals surface area contributed by atoms with E-state index in [1.54, 1.807) is 0 Å². The first kappa shape index (κ1) is 5.39. The van der Waals surface area contributed by atoms with Crippen LogP contribution in [0.3, 0.4) is 0 Å². The van der Waals surface area contributed by atoms with E-state index in [0.29, 0.717) is 0 Å². The molecule has 48 valence electrons. The van der Waals surface area contributed by atoms with Gasteiger partial charge in [0.25, 0.3) is 6.85 Å². The average Bonchev–Trinajstić information content (AvgIpc) is 2.33. The zero-order valence-electron chi connectivity index (χ0n) is 5.71. The molecule has 0 atom stereocenters. The fourth-order valence-electron chi connectivity index (χ4n) is 1.86. The van der Waals surface area contributed by atoms with Crippen LogP contribution in [0.1, 0.15) is 12.8 Å². The van der Waals surface area contributed by atoms with E-state index in [2.05, 4.69) is 17.1 Å². The molecule has 0 aromatic rings. The molecule has 1 saturated heterocycles. The van der Waals surface area contributed by atoms with Crippen LogP contribution < -0.4 is 0 Å². The molecular weight excluding hydrogens is 109 g/mol. The fraction of sp³-hybridized carbons (Fsp3) is 0.714. The number of hydrogen-bond acceptors (Lipinski definition) is 1. The second-order valence-electron chi connectivity index (χ2n) is 3.00. The van der Waals surface area contributed by atoms with Crippen molar-refractivity contribution in [3.05, 3.63) is 12.3 Å². The van der Waals surface area contributed by atoms with Crippen molar-refractivity contribution in [2.24, 2.45) is 0 Å². The van der Waals surface area contributed by atoms with Gasteiger partial charge in [0.15, 0.2) is 0 Å². The lowest BCUT2D eigenvalue weighted by Gasteiger charge is -2.22. The summed E-state index contributed by atoms with van der Waals surface area (Å²) in [5, 5.41) is 0. The van der Waals surface area contributed by atoms with Crippen LogP contribution in [0.15, 0.2) is 12.3 Å². The molecule has 0 aliphatic carbocycles. The Labute approximate surface area is 56.8 Å². The second kappa shape index (κ2) is 2.09. The molecule has 1 nitrogen and oxygen atoms in total. The largest absolute Gasteiger partial charge is 0.421 e. The van der Waals surface area contributed by atoms with Gasteiger partial charge in [0.2, 0.25) is 0 Å². The van der Waals surface area contributed by atoms with Gasteiger partial charge in [-0.3, -0.25) is 0 Å². The molecule has 9 heavy (non-hydrogen) atoms. The summed E-state index contributed by atoms with van der Waals surface area (Å²) in [6, 6.07) is 0. The van der Waals surface area contributed by atoms with Gasteiger partial charge in [0.05, 0.1) is 0 Å². The summed E-state index contributed by atoms with van der Waals surface area (Å²) < 4.78 is 0. The first-order valence-corrected chi connectivity index (χ1v) is 3.89. The summed E-state index contributed by atoms with van der Waals surface area (Å²) in [6.07, 6.45) is 10.1. The molecule has 2 heteroatoms. The molecule has 0 N–H and O–H groups in total. The molecule has 0 unspecified atom stereocenters. The van der Waals surface area contributed by atoms with Crippen molar-refractivity contribution < 1.29 is 0 Å². The molecular formula is C7H12BN. The first-order valence-electron chi connectivity index (χ1n) is 3.89. The molecule has 2 aliphatic heterocycles. The summed E-state index contributed by atoms with van der Waals surface area (Å²) in [5.74, 6) is 0. The van der Waals surface area contributed by atoms with Crippen molar-refractivity contribution in [2.75, 3.05) is 6.54 Å². The third kappa shape index (κ3) is 0.866. The minimum atomic E-state index is 0.912. The van der Waals surface area contributed by atoms with Crippen molar-refractivity contribution >= 4 is 6.85 Å². The number of rotatable bonds is 0. The number of allylic oxidation sites excluding steroid dienone is 1. The Bertz CT molecular complexity index is 133. The maximum Gasteiger partial charge on any atom is 0.254 e. The van der Waals surface area contributed by atoms with Crippen molar-refractivity contribution in [1.82, 2.24) is 4.81 Å². The van der Waals surface area contributed by atoms with Gasteiger partial charge >= 0.3 is 0 Å². The Morgan fingerprint density at radius 1 is 1.33 bits per heavy atom. The molecule has 0 radical (unpaired) electrons. The molecule has 0 saturated carbocycles. The Morgan fingerprint density at radius 3 is 3.22 bits per heavy atom. The van der Waals surface area contributed by atoms with Crippen LogP contribution >= 0.6 is 0 Å². The molecule has 0 amide bonds. The topological polar surface area (TPSA) is 3.24 Å². The van der Waals surface area contributed by atoms with Gasteiger partial charge < -0.3 is 4.81 Å². The monoisotopic (exact) mass is 121 g/mol. The highest BCUT2D eigenvalue weighted by atomic mass is 15.1. The Kier molecular flexibility index (Phi) is 1.25. The van der Waals surface area contributed by atoms with Crippen LogP contribution in [0.5, 0.6) is 0 Å². The lowest BCUT2D eigenvalue weighted by molar-refractivity contribution is 0.603. The van der Waals surface area contributed by atoms with Crippen LogP contribution in [0.25, 0.3) is 0 Å². The maximum absolute atomic E-state index is 2.49. The standard InChI is InChI=1S/C7H12BN/c1-2-6-9-7-3-5-8(9)4-1/h2,6H,1,3-5,7H2. The van der Waals surface area contributed by atoms with Crippen LogP contribution in [-0.2, 0) is 0 Å². The quantitative estimate of drug-likeness (QED) is 0.440. The average molecular weight is 121 g/mol. The third-order valence-corrected chi connectivity index (χ3v) is 2.39. The number of nitrogens with zero attached hydrogens (tertiary/aromatic N) is 1. The van der Waals surface area contributed by atoms with Crippen molar-refractivity contribution in [3.63, 3.8) is 0 Å². The fourth-order valence-corrected chi connectivity index (χ4v) is 1.86. The van der Waals surface area contributed by atoms with Gasteiger partial charge in [-0.05, 0) is 19.0 Å². The summed E-state index contributed by atoms with van der Waals surface area (Å²) >= 11 is 0. The molecule has 2 rings (SSSR count). The van der Waals surface area contributed by atoms with Gasteiger partial charge in [0.1, 0.15) is 0 Å². The smallest absolute Gasteiger partial charge is 0.254 e. The minimum absolute atomic E-state index is 0.912. The third-order valence-electron chi connectivity index (χ3n) is 2.39. The molecule has 0 aromatic carbocycles. The SMILES string of the molecule is C1=CN2CCCB2CC1. The predicted molar refractivity (Wildman–Crippen MR) is 40.4 cm³/mol. The Hall–Kier alpha value is -0.395. The van der Waals surface area contributed by atoms with Gasteiger partial charge in [-0.15, -0.1) is 0 Å². The van der Waals surface area contributed by atoms with Crippen molar-refractivity contribution in [2.45, 2.75) is 25.5 Å². The van der Waals surface area contributed by atoms with Gasteiger partial charge in [-0.1, -0.05) is 18.7 Å². The normalized spacial score (nSPS) is 24.9. The highest BCUT2D eigenvalue weighted by Crippen LogP contribution is 2.23. The number of fused-ring (bicyclic) bond motifs is 1. The van der Waals surface area contributed by atoms with Crippen molar-refractivity contribution in [1.29, 1.82) is 0 Å². The van der Waals surface area contributed by atoms with E-state index < -0.39 is 0 Å². The minimum Gasteiger partial charge on any atom is -0.421 e. The van der Waals surface area contributed by atoms with Crippen LogP contribution in [0.2, 0.25) is 12.6 Å². The first-order chi connectivity index (χ1) is 4.47.